The molecule has 5 heteroatoms. The second kappa shape index (κ2) is 9.82. The van der Waals surface area contributed by atoms with Crippen LogP contribution >= 0.6 is 0 Å². The molecule has 0 aromatic heterocycles. The number of carbonyl (C=O) groups is 1. The zero-order valence-electron chi connectivity index (χ0n) is 20.0. The molecule has 1 aromatic rings. The molecule has 3 saturated heterocycles. The fourth-order valence-corrected chi connectivity index (χ4v) is 6.85. The van der Waals surface area contributed by atoms with Crippen LogP contribution in [0, 0.1) is 17.3 Å². The third-order valence-corrected chi connectivity index (χ3v) is 8.67. The highest BCUT2D eigenvalue weighted by Crippen LogP contribution is 2.39. The van der Waals surface area contributed by atoms with Crippen molar-refractivity contribution in [2.75, 3.05) is 59.4 Å². The van der Waals surface area contributed by atoms with Crippen molar-refractivity contribution in [2.24, 2.45) is 17.3 Å². The van der Waals surface area contributed by atoms with Crippen molar-refractivity contribution in [1.29, 1.82) is 0 Å². The first kappa shape index (κ1) is 22.4. The fraction of sp³-hybridized carbons (Fsp3) is 0.741. The third-order valence-electron chi connectivity index (χ3n) is 8.67. The van der Waals surface area contributed by atoms with Gasteiger partial charge in [-0.15, -0.1) is 0 Å². The van der Waals surface area contributed by atoms with Gasteiger partial charge in [0.05, 0.1) is 0 Å². The Kier molecular flexibility index (Phi) is 6.87. The van der Waals surface area contributed by atoms with Gasteiger partial charge in [0.2, 0.25) is 5.91 Å². The summed E-state index contributed by atoms with van der Waals surface area (Å²) >= 11 is 0. The molecule has 32 heavy (non-hydrogen) atoms. The second-order valence-electron chi connectivity index (χ2n) is 11.2. The van der Waals surface area contributed by atoms with E-state index in [1.165, 1.54) is 63.0 Å². The fourth-order valence-electron chi connectivity index (χ4n) is 6.85. The first-order valence-electron chi connectivity index (χ1n) is 13.1. The molecule has 1 spiro atoms. The van der Waals surface area contributed by atoms with Gasteiger partial charge in [-0.3, -0.25) is 4.79 Å². The molecule has 5 nitrogen and oxygen atoms in total. The van der Waals surface area contributed by atoms with E-state index >= 15 is 0 Å². The van der Waals surface area contributed by atoms with Crippen LogP contribution in [0.1, 0.15) is 49.7 Å². The molecular weight excluding hydrogens is 396 g/mol. The Hall–Kier alpha value is -1.43. The van der Waals surface area contributed by atoms with E-state index in [0.717, 1.165) is 57.9 Å². The first-order chi connectivity index (χ1) is 15.6. The molecule has 1 amide bonds. The summed E-state index contributed by atoms with van der Waals surface area (Å²) in [6.45, 7) is 9.83. The maximum atomic E-state index is 13.7. The molecule has 0 aliphatic carbocycles. The summed E-state index contributed by atoms with van der Waals surface area (Å²) in [5, 5.41) is 3.51. The number of hydrogen-bond donors (Lipinski definition) is 1. The standard InChI is InChI=1S/C27H42N4O/c1-29-15-9-23(10-16-29)26(32)31-19-25-6-3-2-5-24(25)17-27(21-31)11-4-14-30(20-27)18-22-7-12-28-13-8-22/h2-3,5-6,22-23,28H,4,7-21H2,1H3. The smallest absolute Gasteiger partial charge is 0.226 e. The number of likely N-dealkylation sites (tertiary alicyclic amines) is 2. The van der Waals surface area contributed by atoms with Crippen molar-refractivity contribution in [2.45, 2.75) is 51.5 Å². The lowest BCUT2D eigenvalue weighted by atomic mass is 9.74. The van der Waals surface area contributed by atoms with Crippen LogP contribution in [0.15, 0.2) is 24.3 Å². The zero-order chi connectivity index (χ0) is 22.0. The summed E-state index contributed by atoms with van der Waals surface area (Å²) in [5.41, 5.74) is 3.06. The van der Waals surface area contributed by atoms with Gasteiger partial charge in [0.15, 0.2) is 0 Å². The van der Waals surface area contributed by atoms with Crippen LogP contribution in [0.2, 0.25) is 0 Å². The average molecular weight is 439 g/mol. The molecular formula is C27H42N4O. The van der Waals surface area contributed by atoms with Gasteiger partial charge in [0.25, 0.3) is 0 Å². The molecule has 0 saturated carbocycles. The van der Waals surface area contributed by atoms with Crippen LogP contribution < -0.4 is 5.32 Å². The minimum Gasteiger partial charge on any atom is -0.338 e. The third kappa shape index (κ3) is 5.05. The van der Waals surface area contributed by atoms with Gasteiger partial charge in [-0.25, -0.2) is 0 Å². The van der Waals surface area contributed by atoms with E-state index in [9.17, 15) is 4.79 Å². The highest BCUT2D eigenvalue weighted by atomic mass is 16.2. The number of piperidine rings is 3. The number of hydrogen-bond acceptors (Lipinski definition) is 4. The Morgan fingerprint density at radius 3 is 2.56 bits per heavy atom. The van der Waals surface area contributed by atoms with Crippen LogP contribution in [0.3, 0.4) is 0 Å². The lowest BCUT2D eigenvalue weighted by Gasteiger charge is -2.46. The number of amides is 1. The van der Waals surface area contributed by atoms with Crippen LogP contribution in [-0.2, 0) is 17.8 Å². The summed E-state index contributed by atoms with van der Waals surface area (Å²) in [5.74, 6) is 1.47. The summed E-state index contributed by atoms with van der Waals surface area (Å²) < 4.78 is 0. The van der Waals surface area contributed by atoms with E-state index in [1.54, 1.807) is 0 Å². The molecule has 1 aromatic carbocycles. The van der Waals surface area contributed by atoms with Gasteiger partial charge < -0.3 is 20.0 Å². The van der Waals surface area contributed by atoms with Gasteiger partial charge >= 0.3 is 0 Å². The summed E-state index contributed by atoms with van der Waals surface area (Å²) in [4.78, 5) is 21.1. The normalized spacial score (nSPS) is 29.1. The summed E-state index contributed by atoms with van der Waals surface area (Å²) in [6, 6.07) is 8.93. The van der Waals surface area contributed by atoms with Crippen LogP contribution in [0.4, 0.5) is 0 Å². The number of carbonyl (C=O) groups excluding carboxylic acids is 1. The second-order valence-corrected chi connectivity index (χ2v) is 11.2. The Labute approximate surface area is 194 Å². The SMILES string of the molecule is CN1CCC(C(=O)N2Cc3ccccc3CC3(CCCN(CC4CCNCC4)C3)C2)CC1. The maximum absolute atomic E-state index is 13.7. The predicted octanol–water partition coefficient (Wildman–Crippen LogP) is 2.99. The minimum absolute atomic E-state index is 0.207. The molecule has 0 radical (unpaired) electrons. The first-order valence-corrected chi connectivity index (χ1v) is 13.1. The van der Waals surface area contributed by atoms with Crippen LogP contribution in [0.25, 0.3) is 0 Å². The molecule has 5 rings (SSSR count). The average Bonchev–Trinajstić information content (AvgIpc) is 2.96. The Bertz CT molecular complexity index is 784. The van der Waals surface area contributed by atoms with Gasteiger partial charge in [0.1, 0.15) is 0 Å². The van der Waals surface area contributed by atoms with E-state index in [4.69, 9.17) is 0 Å². The maximum Gasteiger partial charge on any atom is 0.226 e. The highest BCUT2D eigenvalue weighted by Gasteiger charge is 2.42. The monoisotopic (exact) mass is 438 g/mol. The van der Waals surface area contributed by atoms with Crippen molar-refractivity contribution < 1.29 is 4.79 Å². The molecule has 1 atom stereocenters. The van der Waals surface area contributed by atoms with E-state index in [1.807, 2.05) is 0 Å². The van der Waals surface area contributed by atoms with Gasteiger partial charge in [0, 0.05) is 37.5 Å². The number of benzene rings is 1. The lowest BCUT2D eigenvalue weighted by Crippen LogP contribution is -2.52. The van der Waals surface area contributed by atoms with E-state index in [2.05, 4.69) is 51.3 Å². The number of nitrogens with one attached hydrogen (secondary N) is 1. The van der Waals surface area contributed by atoms with Gasteiger partial charge in [-0.05, 0) is 102 Å². The van der Waals surface area contributed by atoms with Crippen molar-refractivity contribution in [1.82, 2.24) is 20.0 Å². The van der Waals surface area contributed by atoms with Crippen LogP contribution in [-0.4, -0.2) is 80.0 Å². The van der Waals surface area contributed by atoms with E-state index in [0.29, 0.717) is 5.91 Å². The molecule has 1 unspecified atom stereocenters. The molecule has 4 aliphatic heterocycles. The molecule has 4 aliphatic rings. The summed E-state index contributed by atoms with van der Waals surface area (Å²) in [7, 11) is 2.18. The van der Waals surface area contributed by atoms with Gasteiger partial charge in [-0.1, -0.05) is 24.3 Å². The van der Waals surface area contributed by atoms with E-state index in [-0.39, 0.29) is 11.3 Å². The largest absolute Gasteiger partial charge is 0.338 e. The molecule has 1 N–H and O–H groups in total. The zero-order valence-corrected chi connectivity index (χ0v) is 20.0. The molecule has 0 bridgehead atoms. The minimum atomic E-state index is 0.207. The van der Waals surface area contributed by atoms with Crippen molar-refractivity contribution in [3.8, 4) is 0 Å². The lowest BCUT2D eigenvalue weighted by molar-refractivity contribution is -0.140. The Balaban J connectivity index is 1.35. The number of nitrogens with zero attached hydrogens (tertiary/aromatic N) is 3. The quantitative estimate of drug-likeness (QED) is 0.788. The Morgan fingerprint density at radius 2 is 1.78 bits per heavy atom. The van der Waals surface area contributed by atoms with Crippen LogP contribution in [0.5, 0.6) is 0 Å². The van der Waals surface area contributed by atoms with Crippen molar-refractivity contribution in [3.63, 3.8) is 0 Å². The molecule has 4 heterocycles. The highest BCUT2D eigenvalue weighted by molar-refractivity contribution is 5.79. The molecule has 3 fully saturated rings. The van der Waals surface area contributed by atoms with Crippen molar-refractivity contribution in [3.05, 3.63) is 35.4 Å². The molecule has 176 valence electrons. The number of rotatable bonds is 3. The van der Waals surface area contributed by atoms with Crippen molar-refractivity contribution >= 4 is 5.91 Å². The summed E-state index contributed by atoms with van der Waals surface area (Å²) in [6.07, 6.45) is 8.30. The van der Waals surface area contributed by atoms with E-state index < -0.39 is 0 Å². The topological polar surface area (TPSA) is 38.8 Å². The number of fused-ring (bicyclic) bond motifs is 1. The Morgan fingerprint density at radius 1 is 1.03 bits per heavy atom. The van der Waals surface area contributed by atoms with Gasteiger partial charge in [-0.2, -0.15) is 0 Å². The predicted molar refractivity (Wildman–Crippen MR) is 129 cm³/mol.